The molecule has 0 aliphatic carbocycles. The highest BCUT2D eigenvalue weighted by Gasteiger charge is 2.29. The largest absolute Gasteiger partial charge is 0.309 e. The van der Waals surface area contributed by atoms with Crippen LogP contribution in [0.3, 0.4) is 0 Å². The Morgan fingerprint density at radius 2 is 1.95 bits per heavy atom. The quantitative estimate of drug-likeness (QED) is 0.819. The summed E-state index contributed by atoms with van der Waals surface area (Å²) in [5, 5.41) is 3.61. The number of piperazine rings is 1. The Hall–Kier alpha value is -0.860. The summed E-state index contributed by atoms with van der Waals surface area (Å²) in [6, 6.07) is 11.5. The van der Waals surface area contributed by atoms with Gasteiger partial charge >= 0.3 is 0 Å². The fraction of sp³-hybridized carbons (Fsp3) is 0.647. The molecule has 1 heterocycles. The van der Waals surface area contributed by atoms with Crippen LogP contribution in [0, 0.1) is 0 Å². The maximum absolute atomic E-state index is 3.61. The molecule has 1 unspecified atom stereocenters. The lowest BCUT2D eigenvalue weighted by Crippen LogP contribution is -2.60. The Labute approximate surface area is 118 Å². The predicted octanol–water partition coefficient (Wildman–Crippen LogP) is 3.08. The molecule has 1 aliphatic heterocycles. The molecule has 2 rings (SSSR count). The standard InChI is InChI=1S/C17H28N2/c1-15-13-18-17(2,3)14-19(15)12-8-7-11-16-9-5-4-6-10-16/h4-6,9-10,15,18H,7-8,11-14H2,1-3H3. The molecule has 0 saturated carbocycles. The average molecular weight is 260 g/mol. The van der Waals surface area contributed by atoms with E-state index < -0.39 is 0 Å². The van der Waals surface area contributed by atoms with Gasteiger partial charge in [0.25, 0.3) is 0 Å². The van der Waals surface area contributed by atoms with Gasteiger partial charge in [0.05, 0.1) is 0 Å². The second-order valence-electron chi connectivity index (χ2n) is 6.53. The molecule has 0 radical (unpaired) electrons. The van der Waals surface area contributed by atoms with E-state index in [1.54, 1.807) is 0 Å². The molecule has 19 heavy (non-hydrogen) atoms. The van der Waals surface area contributed by atoms with E-state index in [-0.39, 0.29) is 5.54 Å². The van der Waals surface area contributed by atoms with Crippen molar-refractivity contribution in [3.8, 4) is 0 Å². The molecule has 1 atom stereocenters. The van der Waals surface area contributed by atoms with Crippen molar-refractivity contribution >= 4 is 0 Å². The van der Waals surface area contributed by atoms with Crippen molar-refractivity contribution in [1.82, 2.24) is 10.2 Å². The van der Waals surface area contributed by atoms with Gasteiger partial charge in [0.1, 0.15) is 0 Å². The summed E-state index contributed by atoms with van der Waals surface area (Å²) in [5.41, 5.74) is 1.74. The van der Waals surface area contributed by atoms with Gasteiger partial charge in [0.2, 0.25) is 0 Å². The zero-order chi connectivity index (χ0) is 13.7. The van der Waals surface area contributed by atoms with Gasteiger partial charge in [-0.25, -0.2) is 0 Å². The monoisotopic (exact) mass is 260 g/mol. The predicted molar refractivity (Wildman–Crippen MR) is 82.5 cm³/mol. The maximum atomic E-state index is 3.61. The highest BCUT2D eigenvalue weighted by Crippen LogP contribution is 2.16. The Balaban J connectivity index is 1.70. The summed E-state index contributed by atoms with van der Waals surface area (Å²) in [6.45, 7) is 10.5. The van der Waals surface area contributed by atoms with Crippen molar-refractivity contribution < 1.29 is 0 Å². The van der Waals surface area contributed by atoms with Crippen molar-refractivity contribution in [3.63, 3.8) is 0 Å². The van der Waals surface area contributed by atoms with Crippen molar-refractivity contribution in [2.24, 2.45) is 0 Å². The van der Waals surface area contributed by atoms with Crippen LogP contribution in [0.15, 0.2) is 30.3 Å². The number of nitrogens with zero attached hydrogens (tertiary/aromatic N) is 1. The molecular formula is C17H28N2. The second-order valence-corrected chi connectivity index (χ2v) is 6.53. The molecule has 106 valence electrons. The molecule has 0 bridgehead atoms. The summed E-state index contributed by atoms with van der Waals surface area (Å²) in [7, 11) is 0. The van der Waals surface area contributed by atoms with Gasteiger partial charge in [0, 0.05) is 24.7 Å². The van der Waals surface area contributed by atoms with E-state index in [1.165, 1.54) is 37.9 Å². The van der Waals surface area contributed by atoms with E-state index in [4.69, 9.17) is 0 Å². The summed E-state index contributed by atoms with van der Waals surface area (Å²) in [4.78, 5) is 2.64. The Morgan fingerprint density at radius 3 is 2.68 bits per heavy atom. The van der Waals surface area contributed by atoms with E-state index in [2.05, 4.69) is 61.3 Å². The van der Waals surface area contributed by atoms with Crippen molar-refractivity contribution in [1.29, 1.82) is 0 Å². The fourth-order valence-electron chi connectivity index (χ4n) is 2.86. The Bertz CT molecular complexity index is 372. The van der Waals surface area contributed by atoms with E-state index in [1.807, 2.05) is 0 Å². The number of benzene rings is 1. The molecule has 0 amide bonds. The number of nitrogens with one attached hydrogen (secondary N) is 1. The normalized spacial score (nSPS) is 23.4. The van der Waals surface area contributed by atoms with Crippen LogP contribution < -0.4 is 5.32 Å². The first-order valence-corrected chi connectivity index (χ1v) is 7.60. The number of hydrogen-bond acceptors (Lipinski definition) is 2. The van der Waals surface area contributed by atoms with Crippen LogP contribution in [-0.2, 0) is 6.42 Å². The van der Waals surface area contributed by atoms with Crippen LogP contribution in [0.1, 0.15) is 39.2 Å². The molecule has 1 saturated heterocycles. The number of unbranched alkanes of at least 4 members (excludes halogenated alkanes) is 1. The molecule has 1 N–H and O–H groups in total. The summed E-state index contributed by atoms with van der Waals surface area (Å²) < 4.78 is 0. The molecule has 1 fully saturated rings. The van der Waals surface area contributed by atoms with Crippen LogP contribution in [0.5, 0.6) is 0 Å². The van der Waals surface area contributed by atoms with Gasteiger partial charge in [-0.3, -0.25) is 4.90 Å². The molecule has 2 nitrogen and oxygen atoms in total. The molecule has 1 aliphatic rings. The zero-order valence-corrected chi connectivity index (χ0v) is 12.7. The third kappa shape index (κ3) is 4.63. The van der Waals surface area contributed by atoms with Gasteiger partial charge in [-0.2, -0.15) is 0 Å². The van der Waals surface area contributed by atoms with Gasteiger partial charge in [0.15, 0.2) is 0 Å². The first-order valence-electron chi connectivity index (χ1n) is 7.60. The topological polar surface area (TPSA) is 15.3 Å². The highest BCUT2D eigenvalue weighted by molar-refractivity contribution is 5.14. The smallest absolute Gasteiger partial charge is 0.0252 e. The third-order valence-corrected chi connectivity index (χ3v) is 4.10. The van der Waals surface area contributed by atoms with Gasteiger partial charge in [-0.15, -0.1) is 0 Å². The minimum absolute atomic E-state index is 0.270. The van der Waals surface area contributed by atoms with Crippen LogP contribution in [0.2, 0.25) is 0 Å². The molecule has 1 aromatic carbocycles. The number of aryl methyl sites for hydroxylation is 1. The lowest BCUT2D eigenvalue weighted by molar-refractivity contribution is 0.103. The van der Waals surface area contributed by atoms with Crippen molar-refractivity contribution in [2.75, 3.05) is 19.6 Å². The second kappa shape index (κ2) is 6.53. The summed E-state index contributed by atoms with van der Waals surface area (Å²) in [5.74, 6) is 0. The molecule has 0 spiro atoms. The minimum atomic E-state index is 0.270. The van der Waals surface area contributed by atoms with Crippen molar-refractivity contribution in [3.05, 3.63) is 35.9 Å². The lowest BCUT2D eigenvalue weighted by Gasteiger charge is -2.43. The van der Waals surface area contributed by atoms with Crippen LogP contribution in [-0.4, -0.2) is 36.1 Å². The highest BCUT2D eigenvalue weighted by atomic mass is 15.2. The fourth-order valence-corrected chi connectivity index (χ4v) is 2.86. The van der Waals surface area contributed by atoms with E-state index in [0.29, 0.717) is 6.04 Å². The van der Waals surface area contributed by atoms with Crippen LogP contribution >= 0.6 is 0 Å². The Morgan fingerprint density at radius 1 is 1.21 bits per heavy atom. The summed E-state index contributed by atoms with van der Waals surface area (Å²) in [6.07, 6.45) is 3.81. The SMILES string of the molecule is CC1CNC(C)(C)CN1CCCCc1ccccc1. The van der Waals surface area contributed by atoms with E-state index in [0.717, 1.165) is 6.54 Å². The third-order valence-electron chi connectivity index (χ3n) is 4.10. The number of hydrogen-bond donors (Lipinski definition) is 1. The first-order chi connectivity index (χ1) is 9.07. The zero-order valence-electron chi connectivity index (χ0n) is 12.7. The molecule has 1 aromatic rings. The van der Waals surface area contributed by atoms with Crippen LogP contribution in [0.25, 0.3) is 0 Å². The van der Waals surface area contributed by atoms with Gasteiger partial charge in [-0.1, -0.05) is 30.3 Å². The van der Waals surface area contributed by atoms with Crippen LogP contribution in [0.4, 0.5) is 0 Å². The minimum Gasteiger partial charge on any atom is -0.309 e. The van der Waals surface area contributed by atoms with Gasteiger partial charge < -0.3 is 5.32 Å². The first kappa shape index (κ1) is 14.5. The maximum Gasteiger partial charge on any atom is 0.0252 e. The summed E-state index contributed by atoms with van der Waals surface area (Å²) >= 11 is 0. The molecule has 2 heteroatoms. The average Bonchev–Trinajstić information content (AvgIpc) is 2.40. The molecule has 0 aromatic heterocycles. The van der Waals surface area contributed by atoms with Gasteiger partial charge in [-0.05, 0) is 52.1 Å². The Kier molecular flexibility index (Phi) is 5.00. The van der Waals surface area contributed by atoms with Crippen molar-refractivity contribution in [2.45, 2.75) is 51.6 Å². The lowest BCUT2D eigenvalue weighted by atomic mass is 9.98. The van der Waals surface area contributed by atoms with E-state index >= 15 is 0 Å². The molecular weight excluding hydrogens is 232 g/mol. The van der Waals surface area contributed by atoms with E-state index in [9.17, 15) is 0 Å². The number of rotatable bonds is 5.